The van der Waals surface area contributed by atoms with Crippen LogP contribution in [0.2, 0.25) is 0 Å². The quantitative estimate of drug-likeness (QED) is 0.534. The first-order valence-electron chi connectivity index (χ1n) is 6.38. The number of nitrogen functional groups attached to an aromatic ring is 1. The van der Waals surface area contributed by atoms with E-state index in [9.17, 15) is 0 Å². The Balaban J connectivity index is 1.78. The summed E-state index contributed by atoms with van der Waals surface area (Å²) < 4.78 is 0. The fourth-order valence-corrected chi connectivity index (χ4v) is 2.09. The first-order valence-corrected chi connectivity index (χ1v) is 6.38. The largest absolute Gasteiger partial charge is 0.367 e. The van der Waals surface area contributed by atoms with Crippen LogP contribution in [0.4, 0.5) is 11.6 Å². The molecule has 2 aliphatic carbocycles. The number of nitrogens with two attached hydrogens (primary N) is 1. The van der Waals surface area contributed by atoms with Gasteiger partial charge in [0.2, 0.25) is 0 Å². The molecule has 17 heavy (non-hydrogen) atoms. The van der Waals surface area contributed by atoms with Crippen molar-refractivity contribution in [2.75, 3.05) is 10.7 Å². The highest BCUT2D eigenvalue weighted by molar-refractivity contribution is 5.48. The number of hydrogen-bond acceptors (Lipinski definition) is 5. The third-order valence-corrected chi connectivity index (χ3v) is 3.54. The number of nitrogens with one attached hydrogen (secondary N) is 2. The van der Waals surface area contributed by atoms with Crippen LogP contribution in [-0.2, 0) is 0 Å². The van der Waals surface area contributed by atoms with E-state index in [2.05, 4.69) is 27.6 Å². The minimum Gasteiger partial charge on any atom is -0.367 e. The average Bonchev–Trinajstić information content (AvgIpc) is 3.20. The van der Waals surface area contributed by atoms with Crippen LogP contribution < -0.4 is 16.6 Å². The normalized spacial score (nSPS) is 21.1. The lowest BCUT2D eigenvalue weighted by Crippen LogP contribution is -2.19. The Morgan fingerprint density at radius 3 is 2.53 bits per heavy atom. The summed E-state index contributed by atoms with van der Waals surface area (Å²) in [5.41, 5.74) is 2.62. The van der Waals surface area contributed by atoms with Gasteiger partial charge in [0.05, 0.1) is 0 Å². The van der Waals surface area contributed by atoms with Gasteiger partial charge in [0.1, 0.15) is 17.5 Å². The van der Waals surface area contributed by atoms with Gasteiger partial charge in [-0.25, -0.2) is 15.8 Å². The number of nitrogens with zero attached hydrogens (tertiary/aromatic N) is 2. The first kappa shape index (κ1) is 10.8. The average molecular weight is 233 g/mol. The van der Waals surface area contributed by atoms with E-state index in [0.29, 0.717) is 17.8 Å². The predicted octanol–water partition coefficient (Wildman–Crippen LogP) is 1.85. The van der Waals surface area contributed by atoms with Crippen molar-refractivity contribution >= 4 is 11.6 Å². The lowest BCUT2D eigenvalue weighted by Gasteiger charge is -2.15. The van der Waals surface area contributed by atoms with E-state index in [-0.39, 0.29) is 0 Å². The standard InChI is InChI=1S/C12H19N5/c1-7(8-2-3-8)14-10-6-11(17-13)16-12(15-10)9-4-5-9/h6-9H,2-5,13H2,1H3,(H2,14,15,16,17). The molecule has 92 valence electrons. The zero-order valence-corrected chi connectivity index (χ0v) is 10.1. The number of rotatable bonds is 5. The summed E-state index contributed by atoms with van der Waals surface area (Å²) in [7, 11) is 0. The Morgan fingerprint density at radius 2 is 1.94 bits per heavy atom. The molecule has 0 amide bonds. The molecular formula is C12H19N5. The van der Waals surface area contributed by atoms with Crippen molar-refractivity contribution in [2.24, 2.45) is 11.8 Å². The fraction of sp³-hybridized carbons (Fsp3) is 0.667. The molecule has 0 aliphatic heterocycles. The number of hydrazine groups is 1. The number of aromatic nitrogens is 2. The van der Waals surface area contributed by atoms with Crippen LogP contribution >= 0.6 is 0 Å². The molecule has 1 unspecified atom stereocenters. The van der Waals surface area contributed by atoms with Crippen LogP contribution in [-0.4, -0.2) is 16.0 Å². The van der Waals surface area contributed by atoms with E-state index in [1.807, 2.05) is 6.07 Å². The van der Waals surface area contributed by atoms with Gasteiger partial charge in [-0.3, -0.25) is 0 Å². The second-order valence-electron chi connectivity index (χ2n) is 5.19. The van der Waals surface area contributed by atoms with Gasteiger partial charge in [-0.05, 0) is 38.5 Å². The molecule has 1 aromatic heterocycles. The molecule has 0 radical (unpaired) electrons. The molecule has 5 heteroatoms. The lowest BCUT2D eigenvalue weighted by molar-refractivity contribution is 0.689. The molecule has 2 aliphatic rings. The van der Waals surface area contributed by atoms with Gasteiger partial charge in [0, 0.05) is 18.0 Å². The fourth-order valence-electron chi connectivity index (χ4n) is 2.09. The van der Waals surface area contributed by atoms with Crippen LogP contribution in [0.5, 0.6) is 0 Å². The zero-order chi connectivity index (χ0) is 11.8. The van der Waals surface area contributed by atoms with Gasteiger partial charge < -0.3 is 10.7 Å². The van der Waals surface area contributed by atoms with E-state index in [1.54, 1.807) is 0 Å². The minimum absolute atomic E-state index is 0.488. The maximum Gasteiger partial charge on any atom is 0.145 e. The van der Waals surface area contributed by atoms with Crippen LogP contribution in [0.3, 0.4) is 0 Å². The third-order valence-electron chi connectivity index (χ3n) is 3.54. The monoisotopic (exact) mass is 233 g/mol. The highest BCUT2D eigenvalue weighted by Gasteiger charge is 2.30. The smallest absolute Gasteiger partial charge is 0.145 e. The molecule has 3 rings (SSSR count). The molecular weight excluding hydrogens is 214 g/mol. The van der Waals surface area contributed by atoms with E-state index in [0.717, 1.165) is 17.6 Å². The molecule has 1 atom stereocenters. The van der Waals surface area contributed by atoms with Gasteiger partial charge in [0.15, 0.2) is 0 Å². The summed E-state index contributed by atoms with van der Waals surface area (Å²) in [6.07, 6.45) is 5.06. The third kappa shape index (κ3) is 2.49. The Labute approximate surface area is 101 Å². The van der Waals surface area contributed by atoms with Crippen LogP contribution in [0.25, 0.3) is 0 Å². The van der Waals surface area contributed by atoms with Crippen molar-refractivity contribution in [3.05, 3.63) is 11.9 Å². The van der Waals surface area contributed by atoms with Crippen LogP contribution in [0.15, 0.2) is 6.07 Å². The van der Waals surface area contributed by atoms with E-state index in [4.69, 9.17) is 5.84 Å². The second-order valence-corrected chi connectivity index (χ2v) is 5.19. The molecule has 0 saturated heterocycles. The molecule has 2 saturated carbocycles. The summed E-state index contributed by atoms with van der Waals surface area (Å²) in [5, 5.41) is 3.45. The van der Waals surface area contributed by atoms with E-state index >= 15 is 0 Å². The Hall–Kier alpha value is -1.36. The summed E-state index contributed by atoms with van der Waals surface area (Å²) in [6.45, 7) is 2.21. The maximum atomic E-state index is 5.44. The SMILES string of the molecule is CC(Nc1cc(NN)nc(C2CC2)n1)C1CC1. The molecule has 0 aromatic carbocycles. The van der Waals surface area contributed by atoms with Crippen molar-refractivity contribution in [2.45, 2.75) is 44.6 Å². The topological polar surface area (TPSA) is 75.9 Å². The summed E-state index contributed by atoms with van der Waals surface area (Å²) >= 11 is 0. The van der Waals surface area contributed by atoms with Crippen molar-refractivity contribution in [1.29, 1.82) is 0 Å². The first-order chi connectivity index (χ1) is 8.26. The molecule has 5 nitrogen and oxygen atoms in total. The Morgan fingerprint density at radius 1 is 1.24 bits per heavy atom. The van der Waals surface area contributed by atoms with E-state index < -0.39 is 0 Å². The van der Waals surface area contributed by atoms with Gasteiger partial charge in [-0.15, -0.1) is 0 Å². The Bertz CT molecular complexity index is 411. The molecule has 2 fully saturated rings. The van der Waals surface area contributed by atoms with Gasteiger partial charge in [-0.2, -0.15) is 0 Å². The molecule has 4 N–H and O–H groups in total. The van der Waals surface area contributed by atoms with E-state index in [1.165, 1.54) is 25.7 Å². The summed E-state index contributed by atoms with van der Waals surface area (Å²) in [6, 6.07) is 2.37. The van der Waals surface area contributed by atoms with Crippen LogP contribution in [0.1, 0.15) is 44.3 Å². The Kier molecular flexibility index (Phi) is 2.63. The van der Waals surface area contributed by atoms with Crippen molar-refractivity contribution < 1.29 is 0 Å². The highest BCUT2D eigenvalue weighted by Crippen LogP contribution is 2.39. The zero-order valence-electron chi connectivity index (χ0n) is 10.1. The second kappa shape index (κ2) is 4.14. The van der Waals surface area contributed by atoms with Gasteiger partial charge in [-0.1, -0.05) is 0 Å². The maximum absolute atomic E-state index is 5.44. The van der Waals surface area contributed by atoms with Crippen molar-refractivity contribution in [1.82, 2.24) is 9.97 Å². The number of hydrogen-bond donors (Lipinski definition) is 3. The molecule has 0 spiro atoms. The summed E-state index contributed by atoms with van der Waals surface area (Å²) in [4.78, 5) is 8.97. The van der Waals surface area contributed by atoms with Gasteiger partial charge >= 0.3 is 0 Å². The van der Waals surface area contributed by atoms with Crippen LogP contribution in [0, 0.1) is 5.92 Å². The predicted molar refractivity (Wildman–Crippen MR) is 67.6 cm³/mol. The van der Waals surface area contributed by atoms with Gasteiger partial charge in [0.25, 0.3) is 0 Å². The molecule has 0 bridgehead atoms. The molecule has 1 aromatic rings. The highest BCUT2D eigenvalue weighted by atomic mass is 15.3. The summed E-state index contributed by atoms with van der Waals surface area (Å²) in [5.74, 6) is 9.31. The molecule has 1 heterocycles. The lowest BCUT2D eigenvalue weighted by atomic mass is 10.2. The van der Waals surface area contributed by atoms with Crippen molar-refractivity contribution in [3.8, 4) is 0 Å². The minimum atomic E-state index is 0.488. The van der Waals surface area contributed by atoms with Crippen molar-refractivity contribution in [3.63, 3.8) is 0 Å². The number of anilines is 2.